The van der Waals surface area contributed by atoms with Crippen molar-refractivity contribution < 1.29 is 4.74 Å². The Balaban J connectivity index is 2.60. The van der Waals surface area contributed by atoms with Gasteiger partial charge in [0.15, 0.2) is 0 Å². The molecule has 0 spiro atoms. The van der Waals surface area contributed by atoms with Gasteiger partial charge in [0.2, 0.25) is 5.88 Å². The van der Waals surface area contributed by atoms with E-state index in [-0.39, 0.29) is 5.54 Å². The summed E-state index contributed by atoms with van der Waals surface area (Å²) in [5.41, 5.74) is 6.58. The lowest BCUT2D eigenvalue weighted by atomic mass is 10.1. The molecule has 16 heavy (non-hydrogen) atoms. The maximum atomic E-state index is 5.67. The Labute approximate surface area is 97.4 Å². The maximum absolute atomic E-state index is 5.67. The number of aromatic nitrogens is 1. The van der Waals surface area contributed by atoms with Crippen LogP contribution in [0.2, 0.25) is 0 Å². The summed E-state index contributed by atoms with van der Waals surface area (Å²) in [6, 6.07) is 3.77. The fourth-order valence-electron chi connectivity index (χ4n) is 1.04. The van der Waals surface area contributed by atoms with Crippen LogP contribution in [-0.4, -0.2) is 36.1 Å². The predicted molar refractivity (Wildman–Crippen MR) is 65.4 cm³/mol. The highest BCUT2D eigenvalue weighted by atomic mass is 16.5. The number of pyridine rings is 1. The standard InChI is InChI=1S/C12H21N3O/c1-12(2,15(3)4)9-16-11-7-10(8-13)5-6-14-11/h5-7H,8-9,13H2,1-4H3. The number of likely N-dealkylation sites (N-methyl/N-ethyl adjacent to an activating group) is 1. The summed E-state index contributed by atoms with van der Waals surface area (Å²) in [6.45, 7) is 5.36. The van der Waals surface area contributed by atoms with Crippen LogP contribution in [0.15, 0.2) is 18.3 Å². The van der Waals surface area contributed by atoms with E-state index in [0.717, 1.165) is 5.56 Å². The molecule has 0 aliphatic rings. The third kappa shape index (κ3) is 3.47. The van der Waals surface area contributed by atoms with E-state index in [1.54, 1.807) is 6.20 Å². The molecular weight excluding hydrogens is 202 g/mol. The van der Waals surface area contributed by atoms with Crippen molar-refractivity contribution in [3.05, 3.63) is 23.9 Å². The molecule has 0 saturated carbocycles. The van der Waals surface area contributed by atoms with Gasteiger partial charge in [-0.15, -0.1) is 0 Å². The van der Waals surface area contributed by atoms with E-state index in [1.807, 2.05) is 26.2 Å². The number of nitrogens with two attached hydrogens (primary N) is 1. The van der Waals surface area contributed by atoms with Crippen LogP contribution >= 0.6 is 0 Å². The van der Waals surface area contributed by atoms with Crippen molar-refractivity contribution in [1.29, 1.82) is 0 Å². The van der Waals surface area contributed by atoms with Crippen LogP contribution in [0.3, 0.4) is 0 Å². The van der Waals surface area contributed by atoms with Gasteiger partial charge in [-0.05, 0) is 39.6 Å². The lowest BCUT2D eigenvalue weighted by Gasteiger charge is -2.31. The van der Waals surface area contributed by atoms with Gasteiger partial charge in [0.25, 0.3) is 0 Å². The predicted octanol–water partition coefficient (Wildman–Crippen LogP) is 1.26. The van der Waals surface area contributed by atoms with Crippen LogP contribution in [0.25, 0.3) is 0 Å². The third-order valence-electron chi connectivity index (χ3n) is 2.82. The van der Waals surface area contributed by atoms with Gasteiger partial charge in [-0.25, -0.2) is 4.98 Å². The van der Waals surface area contributed by atoms with Crippen molar-refractivity contribution in [2.24, 2.45) is 5.73 Å². The summed E-state index contributed by atoms with van der Waals surface area (Å²) in [5.74, 6) is 0.637. The zero-order valence-corrected chi connectivity index (χ0v) is 10.5. The highest BCUT2D eigenvalue weighted by Crippen LogP contribution is 2.14. The van der Waals surface area contributed by atoms with Gasteiger partial charge >= 0.3 is 0 Å². The number of rotatable bonds is 5. The van der Waals surface area contributed by atoms with Crippen molar-refractivity contribution in [3.63, 3.8) is 0 Å². The fourth-order valence-corrected chi connectivity index (χ4v) is 1.04. The molecule has 90 valence electrons. The molecule has 4 nitrogen and oxygen atoms in total. The average molecular weight is 223 g/mol. The van der Waals surface area contributed by atoms with Crippen LogP contribution in [-0.2, 0) is 6.54 Å². The van der Waals surface area contributed by atoms with Crippen LogP contribution in [0.5, 0.6) is 5.88 Å². The summed E-state index contributed by atoms with van der Waals surface area (Å²) in [5, 5.41) is 0. The molecule has 0 unspecified atom stereocenters. The average Bonchev–Trinajstić information content (AvgIpc) is 2.26. The van der Waals surface area contributed by atoms with Gasteiger partial charge < -0.3 is 15.4 Å². The first-order chi connectivity index (χ1) is 7.45. The topological polar surface area (TPSA) is 51.4 Å². The van der Waals surface area contributed by atoms with Gasteiger partial charge in [-0.2, -0.15) is 0 Å². The summed E-state index contributed by atoms with van der Waals surface area (Å²) in [6.07, 6.45) is 1.72. The van der Waals surface area contributed by atoms with Gasteiger partial charge in [0, 0.05) is 24.3 Å². The fraction of sp³-hybridized carbons (Fsp3) is 0.583. The van der Waals surface area contributed by atoms with Crippen molar-refractivity contribution in [2.75, 3.05) is 20.7 Å². The Morgan fingerprint density at radius 2 is 2.12 bits per heavy atom. The second-order valence-corrected chi connectivity index (χ2v) is 4.70. The van der Waals surface area contributed by atoms with Crippen LogP contribution in [0, 0.1) is 0 Å². The first-order valence-electron chi connectivity index (χ1n) is 5.41. The van der Waals surface area contributed by atoms with E-state index >= 15 is 0 Å². The Morgan fingerprint density at radius 3 is 2.69 bits per heavy atom. The molecule has 0 aliphatic carbocycles. The van der Waals surface area contributed by atoms with E-state index in [2.05, 4.69) is 23.7 Å². The molecule has 4 heteroatoms. The van der Waals surface area contributed by atoms with Crippen molar-refractivity contribution in [1.82, 2.24) is 9.88 Å². The summed E-state index contributed by atoms with van der Waals surface area (Å²) < 4.78 is 5.67. The first-order valence-corrected chi connectivity index (χ1v) is 5.41. The maximum Gasteiger partial charge on any atom is 0.213 e. The van der Waals surface area contributed by atoms with E-state index in [9.17, 15) is 0 Å². The second kappa shape index (κ2) is 5.27. The molecule has 1 aromatic heterocycles. The van der Waals surface area contributed by atoms with E-state index in [0.29, 0.717) is 19.0 Å². The zero-order chi connectivity index (χ0) is 12.2. The van der Waals surface area contributed by atoms with Gasteiger partial charge in [0.05, 0.1) is 0 Å². The Hall–Kier alpha value is -1.13. The molecule has 0 amide bonds. The molecule has 0 bridgehead atoms. The van der Waals surface area contributed by atoms with Crippen LogP contribution < -0.4 is 10.5 Å². The summed E-state index contributed by atoms with van der Waals surface area (Å²) in [7, 11) is 4.07. The smallest absolute Gasteiger partial charge is 0.213 e. The molecule has 1 aromatic rings. The highest BCUT2D eigenvalue weighted by Gasteiger charge is 2.21. The van der Waals surface area contributed by atoms with Gasteiger partial charge in [0.1, 0.15) is 6.61 Å². The second-order valence-electron chi connectivity index (χ2n) is 4.70. The normalized spacial score (nSPS) is 11.9. The molecule has 0 radical (unpaired) electrons. The molecule has 2 N–H and O–H groups in total. The molecule has 1 heterocycles. The monoisotopic (exact) mass is 223 g/mol. The Kier molecular flexibility index (Phi) is 4.26. The number of hydrogen-bond acceptors (Lipinski definition) is 4. The molecule has 0 aromatic carbocycles. The van der Waals surface area contributed by atoms with E-state index in [4.69, 9.17) is 10.5 Å². The van der Waals surface area contributed by atoms with E-state index in [1.165, 1.54) is 0 Å². The minimum absolute atomic E-state index is 0.0135. The molecule has 0 saturated heterocycles. The molecule has 0 fully saturated rings. The van der Waals surface area contributed by atoms with Crippen molar-refractivity contribution in [3.8, 4) is 5.88 Å². The van der Waals surface area contributed by atoms with E-state index < -0.39 is 0 Å². The molecular formula is C12H21N3O. The van der Waals surface area contributed by atoms with Crippen LogP contribution in [0.1, 0.15) is 19.4 Å². The lowest BCUT2D eigenvalue weighted by Crippen LogP contribution is -2.43. The Bertz CT molecular complexity index is 337. The number of nitrogens with zero attached hydrogens (tertiary/aromatic N) is 2. The van der Waals surface area contributed by atoms with Gasteiger partial charge in [-0.1, -0.05) is 0 Å². The first kappa shape index (κ1) is 12.9. The number of ether oxygens (including phenoxy) is 1. The largest absolute Gasteiger partial charge is 0.476 e. The quantitative estimate of drug-likeness (QED) is 0.816. The van der Waals surface area contributed by atoms with Gasteiger partial charge in [-0.3, -0.25) is 0 Å². The molecule has 1 rings (SSSR count). The Morgan fingerprint density at radius 1 is 1.44 bits per heavy atom. The summed E-state index contributed by atoms with van der Waals surface area (Å²) >= 11 is 0. The third-order valence-corrected chi connectivity index (χ3v) is 2.82. The molecule has 0 aliphatic heterocycles. The van der Waals surface area contributed by atoms with Crippen molar-refractivity contribution in [2.45, 2.75) is 25.9 Å². The summed E-state index contributed by atoms with van der Waals surface area (Å²) in [4.78, 5) is 6.28. The number of hydrogen-bond donors (Lipinski definition) is 1. The highest BCUT2D eigenvalue weighted by molar-refractivity contribution is 5.20. The van der Waals surface area contributed by atoms with Crippen molar-refractivity contribution >= 4 is 0 Å². The minimum atomic E-state index is -0.0135. The SMILES string of the molecule is CN(C)C(C)(C)COc1cc(CN)ccn1. The zero-order valence-electron chi connectivity index (χ0n) is 10.5. The molecule has 0 atom stereocenters. The van der Waals surface area contributed by atoms with Crippen LogP contribution in [0.4, 0.5) is 0 Å². The minimum Gasteiger partial charge on any atom is -0.476 e. The lowest BCUT2D eigenvalue weighted by molar-refractivity contribution is 0.111.